The third-order valence-corrected chi connectivity index (χ3v) is 3.38. The molecule has 0 radical (unpaired) electrons. The second-order valence-corrected chi connectivity index (χ2v) is 4.79. The Morgan fingerprint density at radius 1 is 1.22 bits per heavy atom. The zero-order valence-corrected chi connectivity index (χ0v) is 10.6. The Morgan fingerprint density at radius 3 is 2.72 bits per heavy atom. The van der Waals surface area contributed by atoms with Crippen molar-refractivity contribution in [3.63, 3.8) is 0 Å². The highest BCUT2D eigenvalue weighted by atomic mass is 32.2. The van der Waals surface area contributed by atoms with Gasteiger partial charge in [-0.05, 0) is 17.7 Å². The largest absolute Gasteiger partial charge is 0.481 e. The highest BCUT2D eigenvalue weighted by Crippen LogP contribution is 2.19. The van der Waals surface area contributed by atoms with Gasteiger partial charge in [0.25, 0.3) is 0 Å². The number of carboxylic acid groups (broad SMARTS) is 1. The Kier molecular flexibility index (Phi) is 4.36. The van der Waals surface area contributed by atoms with Crippen LogP contribution in [-0.2, 0) is 10.5 Å². The molecule has 1 heterocycles. The van der Waals surface area contributed by atoms with E-state index in [0.717, 1.165) is 16.8 Å². The normalized spacial score (nSPS) is 10.2. The number of aromatic nitrogens is 1. The molecule has 0 aliphatic rings. The third kappa shape index (κ3) is 3.60. The first-order valence-electron chi connectivity index (χ1n) is 5.55. The highest BCUT2D eigenvalue weighted by molar-refractivity contribution is 7.99. The number of nitrogens with zero attached hydrogens (tertiary/aromatic N) is 1. The lowest BCUT2D eigenvalue weighted by atomic mass is 10.1. The van der Waals surface area contributed by atoms with Gasteiger partial charge >= 0.3 is 5.97 Å². The molecule has 0 amide bonds. The minimum Gasteiger partial charge on any atom is -0.481 e. The van der Waals surface area contributed by atoms with Crippen LogP contribution >= 0.6 is 11.8 Å². The summed E-state index contributed by atoms with van der Waals surface area (Å²) >= 11 is 1.39. The van der Waals surface area contributed by atoms with Gasteiger partial charge in [-0.15, -0.1) is 11.8 Å². The molecule has 1 aromatic heterocycles. The molecule has 0 saturated carbocycles. The van der Waals surface area contributed by atoms with Gasteiger partial charge in [-0.1, -0.05) is 30.3 Å². The Labute approximate surface area is 110 Å². The second kappa shape index (κ2) is 6.21. The van der Waals surface area contributed by atoms with Crippen LogP contribution in [0, 0.1) is 0 Å². The monoisotopic (exact) mass is 259 g/mol. The number of benzene rings is 1. The highest BCUT2D eigenvalue weighted by Gasteiger charge is 2.02. The zero-order valence-electron chi connectivity index (χ0n) is 9.74. The summed E-state index contributed by atoms with van der Waals surface area (Å²) in [5.74, 6) is 0.0369. The molecule has 0 aliphatic carbocycles. The van der Waals surface area contributed by atoms with Crippen LogP contribution in [0.4, 0.5) is 0 Å². The van der Waals surface area contributed by atoms with Gasteiger partial charge in [0.2, 0.25) is 0 Å². The van der Waals surface area contributed by atoms with Crippen molar-refractivity contribution in [3.05, 3.63) is 54.2 Å². The maximum Gasteiger partial charge on any atom is 0.313 e. The summed E-state index contributed by atoms with van der Waals surface area (Å²) in [6.45, 7) is 0. The molecule has 3 nitrogen and oxygen atoms in total. The summed E-state index contributed by atoms with van der Waals surface area (Å²) in [7, 11) is 0. The Balaban J connectivity index is 2.08. The molecule has 1 N–H and O–H groups in total. The fourth-order valence-corrected chi connectivity index (χ4v) is 2.28. The number of hydrogen-bond donors (Lipinski definition) is 1. The summed E-state index contributed by atoms with van der Waals surface area (Å²) in [5.41, 5.74) is 3.08. The van der Waals surface area contributed by atoms with E-state index in [-0.39, 0.29) is 5.75 Å². The van der Waals surface area contributed by atoms with Crippen molar-refractivity contribution in [2.45, 2.75) is 5.75 Å². The molecular formula is C14H13NO2S. The van der Waals surface area contributed by atoms with Crippen molar-refractivity contribution >= 4 is 17.7 Å². The van der Waals surface area contributed by atoms with E-state index in [1.165, 1.54) is 11.8 Å². The Bertz CT molecular complexity index is 528. The number of carbonyl (C=O) groups is 1. The van der Waals surface area contributed by atoms with Crippen LogP contribution in [0.1, 0.15) is 5.56 Å². The van der Waals surface area contributed by atoms with Crippen molar-refractivity contribution in [2.24, 2.45) is 0 Å². The SMILES string of the molecule is O=C(O)CSCc1ccnc(-c2ccccc2)c1. The van der Waals surface area contributed by atoms with E-state index in [1.54, 1.807) is 6.20 Å². The van der Waals surface area contributed by atoms with Gasteiger partial charge in [-0.3, -0.25) is 9.78 Å². The van der Waals surface area contributed by atoms with E-state index in [2.05, 4.69) is 4.98 Å². The molecule has 18 heavy (non-hydrogen) atoms. The van der Waals surface area contributed by atoms with E-state index < -0.39 is 5.97 Å². The van der Waals surface area contributed by atoms with Gasteiger partial charge in [-0.25, -0.2) is 0 Å². The van der Waals surface area contributed by atoms with Crippen LogP contribution < -0.4 is 0 Å². The van der Waals surface area contributed by atoms with Gasteiger partial charge in [-0.2, -0.15) is 0 Å². The van der Waals surface area contributed by atoms with Crippen molar-refractivity contribution in [1.29, 1.82) is 0 Å². The van der Waals surface area contributed by atoms with E-state index in [0.29, 0.717) is 5.75 Å². The van der Waals surface area contributed by atoms with Crippen LogP contribution in [0.25, 0.3) is 11.3 Å². The van der Waals surface area contributed by atoms with Crippen LogP contribution in [0.15, 0.2) is 48.7 Å². The Hall–Kier alpha value is -1.81. The molecule has 0 atom stereocenters. The molecule has 0 saturated heterocycles. The van der Waals surface area contributed by atoms with Crippen LogP contribution in [0.3, 0.4) is 0 Å². The van der Waals surface area contributed by atoms with Crippen molar-refractivity contribution in [1.82, 2.24) is 4.98 Å². The number of aliphatic carboxylic acids is 1. The van der Waals surface area contributed by atoms with Gasteiger partial charge in [0.15, 0.2) is 0 Å². The molecule has 0 spiro atoms. The summed E-state index contributed by atoms with van der Waals surface area (Å²) in [6, 6.07) is 13.9. The molecule has 1 aromatic carbocycles. The van der Waals surface area contributed by atoms with Crippen LogP contribution in [0.2, 0.25) is 0 Å². The molecule has 2 aromatic rings. The maximum atomic E-state index is 10.4. The predicted molar refractivity (Wildman–Crippen MR) is 73.5 cm³/mol. The maximum absolute atomic E-state index is 10.4. The minimum absolute atomic E-state index is 0.128. The number of rotatable bonds is 5. The van der Waals surface area contributed by atoms with E-state index >= 15 is 0 Å². The molecule has 4 heteroatoms. The predicted octanol–water partition coefficient (Wildman–Crippen LogP) is 3.07. The van der Waals surface area contributed by atoms with Crippen molar-refractivity contribution < 1.29 is 9.90 Å². The molecule has 0 aliphatic heterocycles. The number of carboxylic acids is 1. The number of thioether (sulfide) groups is 1. The van der Waals surface area contributed by atoms with E-state index in [4.69, 9.17) is 5.11 Å². The lowest BCUT2D eigenvalue weighted by Crippen LogP contribution is -1.98. The van der Waals surface area contributed by atoms with Crippen LogP contribution in [-0.4, -0.2) is 21.8 Å². The smallest absolute Gasteiger partial charge is 0.313 e. The topological polar surface area (TPSA) is 50.2 Å². The zero-order chi connectivity index (χ0) is 12.8. The minimum atomic E-state index is -0.780. The number of hydrogen-bond acceptors (Lipinski definition) is 3. The van der Waals surface area contributed by atoms with Crippen LogP contribution in [0.5, 0.6) is 0 Å². The second-order valence-electron chi connectivity index (χ2n) is 3.80. The standard InChI is InChI=1S/C14H13NO2S/c16-14(17)10-18-9-11-6-7-15-13(8-11)12-4-2-1-3-5-12/h1-8H,9-10H2,(H,16,17). The molecule has 0 bridgehead atoms. The van der Waals surface area contributed by atoms with Gasteiger partial charge in [0.05, 0.1) is 11.4 Å². The van der Waals surface area contributed by atoms with Crippen molar-refractivity contribution in [3.8, 4) is 11.3 Å². The van der Waals surface area contributed by atoms with Gasteiger partial charge in [0.1, 0.15) is 0 Å². The average Bonchev–Trinajstić information content (AvgIpc) is 2.40. The van der Waals surface area contributed by atoms with E-state index in [1.807, 2.05) is 42.5 Å². The molecule has 92 valence electrons. The van der Waals surface area contributed by atoms with Gasteiger partial charge < -0.3 is 5.11 Å². The molecule has 2 rings (SSSR count). The summed E-state index contributed by atoms with van der Waals surface area (Å²) in [6.07, 6.45) is 1.76. The quantitative estimate of drug-likeness (QED) is 0.896. The average molecular weight is 259 g/mol. The molecule has 0 unspecified atom stereocenters. The summed E-state index contributed by atoms with van der Waals surface area (Å²) in [4.78, 5) is 14.8. The first kappa shape index (κ1) is 12.6. The first-order chi connectivity index (χ1) is 8.75. The first-order valence-corrected chi connectivity index (χ1v) is 6.71. The van der Waals surface area contributed by atoms with Gasteiger partial charge in [0, 0.05) is 17.5 Å². The lowest BCUT2D eigenvalue weighted by Gasteiger charge is -2.04. The number of pyridine rings is 1. The lowest BCUT2D eigenvalue weighted by molar-refractivity contribution is -0.133. The fraction of sp³-hybridized carbons (Fsp3) is 0.143. The van der Waals surface area contributed by atoms with Crippen molar-refractivity contribution in [2.75, 3.05) is 5.75 Å². The Morgan fingerprint density at radius 2 is 2.00 bits per heavy atom. The summed E-state index contributed by atoms with van der Waals surface area (Å²) < 4.78 is 0. The summed E-state index contributed by atoms with van der Waals surface area (Å²) in [5, 5.41) is 8.59. The molecular weight excluding hydrogens is 246 g/mol. The molecule has 0 fully saturated rings. The van der Waals surface area contributed by atoms with E-state index in [9.17, 15) is 4.79 Å². The third-order valence-electron chi connectivity index (χ3n) is 2.39. The fourth-order valence-electron chi connectivity index (χ4n) is 1.59.